The smallest absolute Gasteiger partial charge is 0.344 e. The summed E-state index contributed by atoms with van der Waals surface area (Å²) < 4.78 is 14.3. The third-order valence-electron chi connectivity index (χ3n) is 1.79. The summed E-state index contributed by atoms with van der Waals surface area (Å²) in [6.45, 7) is 7.50. The largest absolute Gasteiger partial charge is 0.459 e. The summed E-state index contributed by atoms with van der Waals surface area (Å²) in [5, 5.41) is 0. The van der Waals surface area contributed by atoms with E-state index in [-0.39, 0.29) is 12.6 Å². The van der Waals surface area contributed by atoms with Crippen LogP contribution in [0.3, 0.4) is 0 Å². The van der Waals surface area contributed by atoms with Gasteiger partial charge in [-0.05, 0) is 27.7 Å². The Kier molecular flexibility index (Phi) is 6.36. The lowest BCUT2D eigenvalue weighted by molar-refractivity contribution is -0.167. The molecule has 0 N–H and O–H groups in total. The van der Waals surface area contributed by atoms with Crippen LogP contribution in [0.25, 0.3) is 0 Å². The molecule has 0 aliphatic heterocycles. The maximum absolute atomic E-state index is 11.5. The summed E-state index contributed by atoms with van der Waals surface area (Å²) in [4.78, 5) is 33.0. The highest BCUT2D eigenvalue weighted by Gasteiger charge is 2.25. The molecular formula is C12H20O6. The molecule has 6 nitrogen and oxygen atoms in total. The normalized spacial score (nSPS) is 12.5. The van der Waals surface area contributed by atoms with Crippen molar-refractivity contribution in [3.8, 4) is 0 Å². The van der Waals surface area contributed by atoms with E-state index in [1.54, 1.807) is 27.7 Å². The minimum Gasteiger partial charge on any atom is -0.459 e. The van der Waals surface area contributed by atoms with Crippen LogP contribution in [0.2, 0.25) is 0 Å². The molecule has 0 amide bonds. The summed E-state index contributed by atoms with van der Waals surface area (Å²) in [6, 6.07) is 0. The first kappa shape index (κ1) is 16.4. The van der Waals surface area contributed by atoms with Gasteiger partial charge < -0.3 is 14.2 Å². The summed E-state index contributed by atoms with van der Waals surface area (Å²) in [6.07, 6.45) is -0.544. The van der Waals surface area contributed by atoms with Gasteiger partial charge in [0.15, 0.2) is 6.61 Å². The first-order valence-electron chi connectivity index (χ1n) is 5.63. The zero-order chi connectivity index (χ0) is 14.3. The number of ether oxygens (including phenoxy) is 3. The maximum Gasteiger partial charge on any atom is 0.344 e. The number of esters is 3. The molecule has 6 heteroatoms. The number of rotatable bonds is 5. The molecule has 0 saturated carbocycles. The van der Waals surface area contributed by atoms with Crippen molar-refractivity contribution in [1.29, 1.82) is 0 Å². The molecule has 0 aliphatic carbocycles. The number of carbonyl (C=O) groups is 3. The van der Waals surface area contributed by atoms with Gasteiger partial charge in [-0.1, -0.05) is 0 Å². The summed E-state index contributed by atoms with van der Waals surface area (Å²) in [5.41, 5.74) is -0.601. The third kappa shape index (κ3) is 7.65. The van der Waals surface area contributed by atoms with Crippen LogP contribution >= 0.6 is 0 Å². The number of hydrogen-bond donors (Lipinski definition) is 0. The molecule has 1 atom stereocenters. The summed E-state index contributed by atoms with van der Waals surface area (Å²) in [7, 11) is 0. The predicted molar refractivity (Wildman–Crippen MR) is 62.6 cm³/mol. The van der Waals surface area contributed by atoms with Crippen LogP contribution in [-0.2, 0) is 28.6 Å². The van der Waals surface area contributed by atoms with Gasteiger partial charge in [0.05, 0.1) is 5.41 Å². The standard InChI is InChI=1S/C12H20O6/c1-8(18-11(15)12(3,4)5)6-17-10(14)7-16-9(2)13/h8H,6-7H2,1-5H3. The molecule has 104 valence electrons. The first-order chi connectivity index (χ1) is 8.12. The molecule has 0 heterocycles. The molecule has 0 aromatic rings. The molecule has 0 spiro atoms. The molecule has 0 fully saturated rings. The SMILES string of the molecule is CC(=O)OCC(=O)OCC(C)OC(=O)C(C)(C)C. The second kappa shape index (κ2) is 6.98. The Morgan fingerprint density at radius 1 is 1.11 bits per heavy atom. The molecule has 0 aromatic carbocycles. The molecule has 0 aliphatic rings. The topological polar surface area (TPSA) is 78.9 Å². The van der Waals surface area contributed by atoms with Crippen molar-refractivity contribution in [1.82, 2.24) is 0 Å². The molecule has 0 saturated heterocycles. The van der Waals surface area contributed by atoms with E-state index in [2.05, 4.69) is 4.74 Å². The van der Waals surface area contributed by atoms with Crippen molar-refractivity contribution in [2.45, 2.75) is 40.7 Å². The van der Waals surface area contributed by atoms with E-state index in [1.165, 1.54) is 6.92 Å². The van der Waals surface area contributed by atoms with E-state index in [9.17, 15) is 14.4 Å². The van der Waals surface area contributed by atoms with Gasteiger partial charge in [-0.25, -0.2) is 4.79 Å². The maximum atomic E-state index is 11.5. The van der Waals surface area contributed by atoms with Crippen LogP contribution in [-0.4, -0.2) is 37.2 Å². The Balaban J connectivity index is 3.90. The van der Waals surface area contributed by atoms with Crippen molar-refractivity contribution in [3.05, 3.63) is 0 Å². The summed E-state index contributed by atoms with van der Waals surface area (Å²) in [5.74, 6) is -1.60. The van der Waals surface area contributed by atoms with Crippen LogP contribution in [0.4, 0.5) is 0 Å². The van der Waals surface area contributed by atoms with Crippen molar-refractivity contribution < 1.29 is 28.6 Å². The molecule has 0 bridgehead atoms. The van der Waals surface area contributed by atoms with Crippen molar-refractivity contribution in [2.75, 3.05) is 13.2 Å². The Morgan fingerprint density at radius 2 is 1.67 bits per heavy atom. The van der Waals surface area contributed by atoms with Gasteiger partial charge in [-0.2, -0.15) is 0 Å². The highest BCUT2D eigenvalue weighted by Crippen LogP contribution is 2.16. The number of carbonyl (C=O) groups excluding carboxylic acids is 3. The van der Waals surface area contributed by atoms with Gasteiger partial charge >= 0.3 is 17.9 Å². The zero-order valence-electron chi connectivity index (χ0n) is 11.4. The minimum atomic E-state index is -0.677. The molecule has 0 radical (unpaired) electrons. The van der Waals surface area contributed by atoms with Gasteiger partial charge in [0.25, 0.3) is 0 Å². The van der Waals surface area contributed by atoms with E-state index in [0.717, 1.165) is 0 Å². The average molecular weight is 260 g/mol. The molecule has 0 aromatic heterocycles. The highest BCUT2D eigenvalue weighted by molar-refractivity contribution is 5.76. The van der Waals surface area contributed by atoms with Gasteiger partial charge in [-0.15, -0.1) is 0 Å². The Hall–Kier alpha value is -1.59. The number of hydrogen-bond acceptors (Lipinski definition) is 6. The molecular weight excluding hydrogens is 240 g/mol. The predicted octanol–water partition coefficient (Wildman–Crippen LogP) is 1.07. The van der Waals surface area contributed by atoms with Gasteiger partial charge in [0.2, 0.25) is 0 Å². The van der Waals surface area contributed by atoms with Crippen molar-refractivity contribution in [3.63, 3.8) is 0 Å². The second-order valence-corrected chi connectivity index (χ2v) is 4.93. The molecule has 18 heavy (non-hydrogen) atoms. The summed E-state index contributed by atoms with van der Waals surface area (Å²) >= 11 is 0. The lowest BCUT2D eigenvalue weighted by atomic mass is 9.97. The van der Waals surface area contributed by atoms with E-state index >= 15 is 0 Å². The van der Waals surface area contributed by atoms with E-state index < -0.39 is 30.1 Å². The van der Waals surface area contributed by atoms with Crippen LogP contribution in [0.15, 0.2) is 0 Å². The fourth-order valence-electron chi connectivity index (χ4n) is 0.806. The average Bonchev–Trinajstić information content (AvgIpc) is 2.22. The van der Waals surface area contributed by atoms with Crippen LogP contribution in [0.1, 0.15) is 34.6 Å². The van der Waals surface area contributed by atoms with Crippen molar-refractivity contribution >= 4 is 17.9 Å². The Bertz CT molecular complexity index is 315. The quantitative estimate of drug-likeness (QED) is 0.543. The highest BCUT2D eigenvalue weighted by atomic mass is 16.6. The van der Waals surface area contributed by atoms with E-state index in [1.807, 2.05) is 0 Å². The van der Waals surface area contributed by atoms with E-state index in [0.29, 0.717) is 0 Å². The lowest BCUT2D eigenvalue weighted by Gasteiger charge is -2.20. The monoisotopic (exact) mass is 260 g/mol. The Labute approximate surface area is 107 Å². The van der Waals surface area contributed by atoms with E-state index in [4.69, 9.17) is 9.47 Å². The van der Waals surface area contributed by atoms with Gasteiger partial charge in [0, 0.05) is 6.92 Å². The van der Waals surface area contributed by atoms with Gasteiger partial charge in [0.1, 0.15) is 12.7 Å². The van der Waals surface area contributed by atoms with Crippen LogP contribution < -0.4 is 0 Å². The first-order valence-corrected chi connectivity index (χ1v) is 5.63. The van der Waals surface area contributed by atoms with Gasteiger partial charge in [-0.3, -0.25) is 9.59 Å². The Morgan fingerprint density at radius 3 is 2.11 bits per heavy atom. The van der Waals surface area contributed by atoms with Crippen molar-refractivity contribution in [2.24, 2.45) is 5.41 Å². The molecule has 0 rings (SSSR count). The molecule has 1 unspecified atom stereocenters. The minimum absolute atomic E-state index is 0.0675. The van der Waals surface area contributed by atoms with Crippen LogP contribution in [0, 0.1) is 5.41 Å². The fourth-order valence-corrected chi connectivity index (χ4v) is 0.806. The second-order valence-electron chi connectivity index (χ2n) is 4.93. The third-order valence-corrected chi connectivity index (χ3v) is 1.79. The fraction of sp³-hybridized carbons (Fsp3) is 0.750. The zero-order valence-corrected chi connectivity index (χ0v) is 11.4. The van der Waals surface area contributed by atoms with Crippen LogP contribution in [0.5, 0.6) is 0 Å². The lowest BCUT2D eigenvalue weighted by Crippen LogP contribution is -2.30.